The molecule has 3 aromatic rings. The van der Waals surface area contributed by atoms with Crippen molar-refractivity contribution in [1.29, 1.82) is 0 Å². The molecule has 0 amide bonds. The van der Waals surface area contributed by atoms with E-state index in [2.05, 4.69) is 0 Å². The molecule has 118 valence electrons. The average molecular weight is 331 g/mol. The number of ether oxygens (including phenoxy) is 1. The molecule has 1 N–H and O–H groups in total. The van der Waals surface area contributed by atoms with Gasteiger partial charge in [0.05, 0.1) is 12.5 Å². The van der Waals surface area contributed by atoms with Gasteiger partial charge in [-0.05, 0) is 30.2 Å². The number of benzene rings is 2. The molecule has 4 nitrogen and oxygen atoms in total. The lowest BCUT2D eigenvalue weighted by Gasteiger charge is -2.11. The van der Waals surface area contributed by atoms with Crippen LogP contribution in [0.5, 0.6) is 11.5 Å². The van der Waals surface area contributed by atoms with E-state index < -0.39 is 5.63 Å². The van der Waals surface area contributed by atoms with Crippen LogP contribution in [0.1, 0.15) is 16.7 Å². The van der Waals surface area contributed by atoms with Crippen LogP contribution in [-0.2, 0) is 6.42 Å². The normalized spacial score (nSPS) is 10.9. The van der Waals surface area contributed by atoms with Crippen LogP contribution in [0.25, 0.3) is 11.0 Å². The third kappa shape index (κ3) is 2.90. The molecular weight excluding hydrogens is 316 g/mol. The Hall–Kier alpha value is -2.46. The molecule has 0 radical (unpaired) electrons. The number of phenolic OH excluding ortho intramolecular Hbond substituents is 1. The first kappa shape index (κ1) is 15.4. The molecule has 0 fully saturated rings. The fourth-order valence-electron chi connectivity index (χ4n) is 2.71. The summed E-state index contributed by atoms with van der Waals surface area (Å²) in [5.74, 6) is 0.452. The van der Waals surface area contributed by atoms with E-state index in [1.54, 1.807) is 6.07 Å². The Balaban J connectivity index is 2.22. The van der Waals surface area contributed by atoms with Gasteiger partial charge in [0.2, 0.25) is 0 Å². The first-order valence-electron chi connectivity index (χ1n) is 7.07. The summed E-state index contributed by atoms with van der Waals surface area (Å²) in [6.07, 6.45) is 0.411. The van der Waals surface area contributed by atoms with Gasteiger partial charge >= 0.3 is 5.63 Å². The van der Waals surface area contributed by atoms with Crippen LogP contribution in [0.15, 0.2) is 45.6 Å². The number of hydrogen-bond donors (Lipinski definition) is 1. The summed E-state index contributed by atoms with van der Waals surface area (Å²) in [7, 11) is 1.51. The van der Waals surface area contributed by atoms with Crippen LogP contribution >= 0.6 is 11.6 Å². The molecule has 0 aliphatic rings. The largest absolute Gasteiger partial charge is 0.508 e. The second-order valence-electron chi connectivity index (χ2n) is 5.32. The quantitative estimate of drug-likeness (QED) is 0.736. The lowest BCUT2D eigenvalue weighted by molar-refractivity contribution is 0.410. The number of fused-ring (bicyclic) bond motifs is 1. The molecule has 5 heteroatoms. The third-order valence-electron chi connectivity index (χ3n) is 3.82. The summed E-state index contributed by atoms with van der Waals surface area (Å²) >= 11 is 6.00. The molecule has 0 aliphatic heterocycles. The Kier molecular flexibility index (Phi) is 4.01. The van der Waals surface area contributed by atoms with E-state index in [-0.39, 0.29) is 5.75 Å². The fraction of sp³-hybridized carbons (Fsp3) is 0.167. The van der Waals surface area contributed by atoms with Crippen molar-refractivity contribution < 1.29 is 14.3 Å². The highest BCUT2D eigenvalue weighted by molar-refractivity contribution is 6.30. The van der Waals surface area contributed by atoms with Crippen LogP contribution < -0.4 is 10.4 Å². The molecule has 0 bridgehead atoms. The Morgan fingerprint density at radius 3 is 2.74 bits per heavy atom. The summed E-state index contributed by atoms with van der Waals surface area (Å²) in [5.41, 5.74) is 2.11. The number of halogens is 1. The first-order valence-corrected chi connectivity index (χ1v) is 7.45. The van der Waals surface area contributed by atoms with Crippen LogP contribution in [0.4, 0.5) is 0 Å². The van der Waals surface area contributed by atoms with Crippen molar-refractivity contribution in [3.63, 3.8) is 0 Å². The third-order valence-corrected chi connectivity index (χ3v) is 4.05. The van der Waals surface area contributed by atoms with Gasteiger partial charge in [0.25, 0.3) is 0 Å². The van der Waals surface area contributed by atoms with Gasteiger partial charge in [-0.3, -0.25) is 0 Å². The summed E-state index contributed by atoms with van der Waals surface area (Å²) in [6.45, 7) is 1.85. The molecule has 0 spiro atoms. The van der Waals surface area contributed by atoms with Crippen molar-refractivity contribution in [2.24, 2.45) is 0 Å². The van der Waals surface area contributed by atoms with Gasteiger partial charge in [-0.1, -0.05) is 23.7 Å². The average Bonchev–Trinajstić information content (AvgIpc) is 2.50. The Morgan fingerprint density at radius 2 is 2.04 bits per heavy atom. The second kappa shape index (κ2) is 5.97. The predicted octanol–water partition coefficient (Wildman–Crippen LogP) is 4.06. The molecule has 0 unspecified atom stereocenters. The van der Waals surface area contributed by atoms with Crippen molar-refractivity contribution in [1.82, 2.24) is 0 Å². The first-order chi connectivity index (χ1) is 11.0. The predicted molar refractivity (Wildman–Crippen MR) is 89.7 cm³/mol. The zero-order valence-corrected chi connectivity index (χ0v) is 13.5. The van der Waals surface area contributed by atoms with E-state index in [0.29, 0.717) is 33.7 Å². The van der Waals surface area contributed by atoms with E-state index in [4.69, 9.17) is 20.8 Å². The van der Waals surface area contributed by atoms with Crippen molar-refractivity contribution in [3.8, 4) is 11.5 Å². The number of methoxy groups -OCH3 is 1. The van der Waals surface area contributed by atoms with Crippen LogP contribution in [0.2, 0.25) is 5.02 Å². The standard InChI is InChI=1S/C18H15ClO4/c1-10-14(7-11-4-3-5-12(19)6-11)18(21)23-16-9-13(20)8-15(22-2)17(10)16/h3-6,8-9,20H,7H2,1-2H3. The highest BCUT2D eigenvalue weighted by Gasteiger charge is 2.16. The highest BCUT2D eigenvalue weighted by Crippen LogP contribution is 2.33. The summed E-state index contributed by atoms with van der Waals surface area (Å²) < 4.78 is 10.7. The van der Waals surface area contributed by atoms with E-state index >= 15 is 0 Å². The number of hydrogen-bond acceptors (Lipinski definition) is 4. The van der Waals surface area contributed by atoms with Gasteiger partial charge in [0, 0.05) is 29.1 Å². The molecule has 2 aromatic carbocycles. The van der Waals surface area contributed by atoms with Crippen molar-refractivity contribution in [3.05, 3.63) is 68.5 Å². The fourth-order valence-corrected chi connectivity index (χ4v) is 2.92. The van der Waals surface area contributed by atoms with Gasteiger partial charge in [0.15, 0.2) is 0 Å². The molecule has 1 heterocycles. The minimum absolute atomic E-state index is 0.0144. The maximum atomic E-state index is 12.3. The maximum absolute atomic E-state index is 12.3. The Morgan fingerprint density at radius 1 is 1.26 bits per heavy atom. The topological polar surface area (TPSA) is 59.7 Å². The molecule has 0 saturated heterocycles. The van der Waals surface area contributed by atoms with E-state index in [9.17, 15) is 9.90 Å². The van der Waals surface area contributed by atoms with Crippen molar-refractivity contribution >= 4 is 22.6 Å². The van der Waals surface area contributed by atoms with Crippen LogP contribution in [0.3, 0.4) is 0 Å². The van der Waals surface area contributed by atoms with Crippen LogP contribution in [0, 0.1) is 6.92 Å². The van der Waals surface area contributed by atoms with E-state index in [0.717, 1.165) is 11.1 Å². The lowest BCUT2D eigenvalue weighted by atomic mass is 9.99. The molecule has 0 aliphatic carbocycles. The number of aryl methyl sites for hydroxylation is 1. The van der Waals surface area contributed by atoms with Crippen LogP contribution in [-0.4, -0.2) is 12.2 Å². The summed E-state index contributed by atoms with van der Waals surface area (Å²) in [5, 5.41) is 11.0. The van der Waals surface area contributed by atoms with Crippen molar-refractivity contribution in [2.45, 2.75) is 13.3 Å². The van der Waals surface area contributed by atoms with Gasteiger partial charge in [-0.15, -0.1) is 0 Å². The van der Waals surface area contributed by atoms with E-state index in [1.807, 2.05) is 25.1 Å². The second-order valence-corrected chi connectivity index (χ2v) is 5.76. The molecule has 3 rings (SSSR count). The maximum Gasteiger partial charge on any atom is 0.340 e. The highest BCUT2D eigenvalue weighted by atomic mass is 35.5. The minimum atomic E-state index is -0.428. The molecule has 0 saturated carbocycles. The molecule has 1 aromatic heterocycles. The van der Waals surface area contributed by atoms with Gasteiger partial charge in [-0.2, -0.15) is 0 Å². The summed E-state index contributed by atoms with van der Waals surface area (Å²) in [6, 6.07) is 10.3. The molecule has 23 heavy (non-hydrogen) atoms. The monoisotopic (exact) mass is 330 g/mol. The summed E-state index contributed by atoms with van der Waals surface area (Å²) in [4.78, 5) is 12.3. The zero-order valence-electron chi connectivity index (χ0n) is 12.7. The Bertz CT molecular complexity index is 944. The smallest absolute Gasteiger partial charge is 0.340 e. The van der Waals surface area contributed by atoms with Crippen molar-refractivity contribution in [2.75, 3.05) is 7.11 Å². The van der Waals surface area contributed by atoms with Gasteiger partial charge < -0.3 is 14.3 Å². The van der Waals surface area contributed by atoms with E-state index in [1.165, 1.54) is 19.2 Å². The zero-order chi connectivity index (χ0) is 16.6. The SMILES string of the molecule is COc1cc(O)cc2oc(=O)c(Cc3cccc(Cl)c3)c(C)c12. The number of rotatable bonds is 3. The number of aromatic hydroxyl groups is 1. The Labute approximate surface area is 137 Å². The van der Waals surface area contributed by atoms with Gasteiger partial charge in [-0.25, -0.2) is 4.79 Å². The molecule has 0 atom stereocenters. The van der Waals surface area contributed by atoms with Gasteiger partial charge in [0.1, 0.15) is 17.1 Å². The lowest BCUT2D eigenvalue weighted by Crippen LogP contribution is -2.11. The molecular formula is C18H15ClO4. The minimum Gasteiger partial charge on any atom is -0.508 e. The number of phenols is 1.